The van der Waals surface area contributed by atoms with Gasteiger partial charge in [-0.3, -0.25) is 9.59 Å². The molecule has 0 aliphatic carbocycles. The van der Waals surface area contributed by atoms with E-state index in [1.807, 2.05) is 16.8 Å². The van der Waals surface area contributed by atoms with E-state index in [0.717, 1.165) is 51.7 Å². The number of carbonyl (C=O) groups excluding carboxylic acids is 2. The molecule has 0 radical (unpaired) electrons. The number of likely N-dealkylation sites (tertiary alicyclic amines) is 2. The lowest BCUT2D eigenvalue weighted by Gasteiger charge is -2.26. The predicted molar refractivity (Wildman–Crippen MR) is 74.0 cm³/mol. The van der Waals surface area contributed by atoms with E-state index in [0.29, 0.717) is 13.2 Å². The van der Waals surface area contributed by atoms with Crippen molar-refractivity contribution < 1.29 is 14.3 Å². The number of ether oxygens (including phenoxy) is 1. The van der Waals surface area contributed by atoms with Gasteiger partial charge in [0.1, 0.15) is 0 Å². The third-order valence-electron chi connectivity index (χ3n) is 5.26. The SMILES string of the molecule is CN1CC[C@]2(CCCN(C(=O)[C@@H]3CCOC3)CC2)C1=O. The van der Waals surface area contributed by atoms with Crippen LogP contribution in [0.15, 0.2) is 0 Å². The molecular formula is C15H24N2O3. The van der Waals surface area contributed by atoms with Crippen LogP contribution < -0.4 is 0 Å². The number of amides is 2. The second-order valence-electron chi connectivity index (χ2n) is 6.50. The number of carbonyl (C=O) groups is 2. The van der Waals surface area contributed by atoms with E-state index in [1.54, 1.807) is 0 Å². The van der Waals surface area contributed by atoms with Crippen LogP contribution in [-0.4, -0.2) is 61.5 Å². The van der Waals surface area contributed by atoms with Gasteiger partial charge in [-0.15, -0.1) is 0 Å². The van der Waals surface area contributed by atoms with E-state index in [2.05, 4.69) is 0 Å². The summed E-state index contributed by atoms with van der Waals surface area (Å²) in [6.07, 6.45) is 4.51. The molecule has 2 amide bonds. The number of hydrogen-bond donors (Lipinski definition) is 0. The first-order chi connectivity index (χ1) is 9.62. The fraction of sp³-hybridized carbons (Fsp3) is 0.867. The number of hydrogen-bond acceptors (Lipinski definition) is 3. The van der Waals surface area contributed by atoms with Crippen molar-refractivity contribution >= 4 is 11.8 Å². The molecule has 5 heteroatoms. The van der Waals surface area contributed by atoms with Gasteiger partial charge >= 0.3 is 0 Å². The summed E-state index contributed by atoms with van der Waals surface area (Å²) in [5.74, 6) is 0.570. The third kappa shape index (κ3) is 2.32. The molecule has 3 fully saturated rings. The Labute approximate surface area is 120 Å². The summed E-state index contributed by atoms with van der Waals surface area (Å²) in [6, 6.07) is 0. The van der Waals surface area contributed by atoms with Crippen LogP contribution in [0.4, 0.5) is 0 Å². The zero-order chi connectivity index (χ0) is 14.2. The Morgan fingerprint density at radius 3 is 2.70 bits per heavy atom. The summed E-state index contributed by atoms with van der Waals surface area (Å²) in [7, 11) is 1.89. The van der Waals surface area contributed by atoms with Gasteiger partial charge in [0.25, 0.3) is 0 Å². The van der Waals surface area contributed by atoms with Crippen LogP contribution in [0.2, 0.25) is 0 Å². The summed E-state index contributed by atoms with van der Waals surface area (Å²) in [5.41, 5.74) is -0.185. The molecule has 3 rings (SSSR count). The highest BCUT2D eigenvalue weighted by Crippen LogP contribution is 2.41. The lowest BCUT2D eigenvalue weighted by Crippen LogP contribution is -2.38. The largest absolute Gasteiger partial charge is 0.381 e. The number of rotatable bonds is 1. The molecule has 3 heterocycles. The molecule has 0 aromatic rings. The van der Waals surface area contributed by atoms with Crippen LogP contribution in [-0.2, 0) is 14.3 Å². The molecule has 2 atom stereocenters. The van der Waals surface area contributed by atoms with Crippen LogP contribution in [0.5, 0.6) is 0 Å². The monoisotopic (exact) mass is 280 g/mol. The molecule has 3 saturated heterocycles. The standard InChI is InChI=1S/C15H24N2O3/c1-16-8-5-15(14(16)19)4-2-7-17(9-6-15)13(18)12-3-10-20-11-12/h12H,2-11H2,1H3/t12-,15+/m1/s1. The summed E-state index contributed by atoms with van der Waals surface area (Å²) in [5, 5.41) is 0. The molecule has 0 N–H and O–H groups in total. The lowest BCUT2D eigenvalue weighted by molar-refractivity contribution is -0.137. The Bertz CT molecular complexity index is 406. The Morgan fingerprint density at radius 1 is 1.25 bits per heavy atom. The molecule has 0 unspecified atom stereocenters. The van der Waals surface area contributed by atoms with Gasteiger partial charge in [-0.1, -0.05) is 0 Å². The first kappa shape index (κ1) is 13.9. The van der Waals surface area contributed by atoms with Gasteiger partial charge in [-0.25, -0.2) is 0 Å². The quantitative estimate of drug-likeness (QED) is 0.716. The Morgan fingerprint density at radius 2 is 2.05 bits per heavy atom. The van der Waals surface area contributed by atoms with Gasteiger partial charge in [0.05, 0.1) is 17.9 Å². The highest BCUT2D eigenvalue weighted by atomic mass is 16.5. The molecule has 0 aromatic heterocycles. The second-order valence-corrected chi connectivity index (χ2v) is 6.50. The zero-order valence-corrected chi connectivity index (χ0v) is 12.3. The average Bonchev–Trinajstić information content (AvgIpc) is 3.00. The van der Waals surface area contributed by atoms with Crippen LogP contribution in [0.25, 0.3) is 0 Å². The van der Waals surface area contributed by atoms with Crippen molar-refractivity contribution in [3.63, 3.8) is 0 Å². The fourth-order valence-corrected chi connectivity index (χ4v) is 3.86. The summed E-state index contributed by atoms with van der Waals surface area (Å²) >= 11 is 0. The van der Waals surface area contributed by atoms with Gasteiger partial charge in [0, 0.05) is 33.3 Å². The molecule has 0 aromatic carbocycles. The Kier molecular flexibility index (Phi) is 3.71. The van der Waals surface area contributed by atoms with Gasteiger partial charge in [0.15, 0.2) is 0 Å². The molecule has 0 bridgehead atoms. The molecule has 20 heavy (non-hydrogen) atoms. The molecule has 3 aliphatic rings. The van der Waals surface area contributed by atoms with E-state index < -0.39 is 0 Å². The smallest absolute Gasteiger partial charge is 0.228 e. The average molecular weight is 280 g/mol. The van der Waals surface area contributed by atoms with Crippen molar-refractivity contribution in [2.24, 2.45) is 11.3 Å². The molecular weight excluding hydrogens is 256 g/mol. The van der Waals surface area contributed by atoms with Gasteiger partial charge in [-0.2, -0.15) is 0 Å². The zero-order valence-electron chi connectivity index (χ0n) is 12.3. The summed E-state index contributed by atoms with van der Waals surface area (Å²) in [4.78, 5) is 28.6. The molecule has 0 saturated carbocycles. The van der Waals surface area contributed by atoms with E-state index in [4.69, 9.17) is 4.74 Å². The Hall–Kier alpha value is -1.10. The third-order valence-corrected chi connectivity index (χ3v) is 5.26. The molecule has 112 valence electrons. The van der Waals surface area contributed by atoms with Crippen molar-refractivity contribution in [2.75, 3.05) is 39.9 Å². The van der Waals surface area contributed by atoms with Crippen LogP contribution in [0.1, 0.15) is 32.1 Å². The maximum atomic E-state index is 12.5. The molecule has 3 aliphatic heterocycles. The van der Waals surface area contributed by atoms with Crippen molar-refractivity contribution in [2.45, 2.75) is 32.1 Å². The minimum Gasteiger partial charge on any atom is -0.381 e. The highest BCUT2D eigenvalue weighted by molar-refractivity contribution is 5.85. The lowest BCUT2D eigenvalue weighted by atomic mass is 9.79. The Balaban J connectivity index is 1.65. The van der Waals surface area contributed by atoms with Gasteiger partial charge in [-0.05, 0) is 32.1 Å². The van der Waals surface area contributed by atoms with Gasteiger partial charge < -0.3 is 14.5 Å². The van der Waals surface area contributed by atoms with Gasteiger partial charge in [0.2, 0.25) is 11.8 Å². The first-order valence-corrected chi connectivity index (χ1v) is 7.74. The fourth-order valence-electron chi connectivity index (χ4n) is 3.86. The maximum Gasteiger partial charge on any atom is 0.228 e. The normalized spacial score (nSPS) is 34.9. The van der Waals surface area contributed by atoms with Crippen LogP contribution in [0.3, 0.4) is 0 Å². The van der Waals surface area contributed by atoms with Crippen molar-refractivity contribution in [1.29, 1.82) is 0 Å². The minimum absolute atomic E-state index is 0.0472. The second kappa shape index (κ2) is 5.35. The highest BCUT2D eigenvalue weighted by Gasteiger charge is 2.46. The van der Waals surface area contributed by atoms with Crippen LogP contribution >= 0.6 is 0 Å². The predicted octanol–water partition coefficient (Wildman–Crippen LogP) is 0.884. The first-order valence-electron chi connectivity index (χ1n) is 7.74. The van der Waals surface area contributed by atoms with Crippen molar-refractivity contribution in [3.05, 3.63) is 0 Å². The molecule has 5 nitrogen and oxygen atoms in total. The van der Waals surface area contributed by atoms with E-state index in [9.17, 15) is 9.59 Å². The van der Waals surface area contributed by atoms with Crippen molar-refractivity contribution in [3.8, 4) is 0 Å². The van der Waals surface area contributed by atoms with E-state index >= 15 is 0 Å². The summed E-state index contributed by atoms with van der Waals surface area (Å²) < 4.78 is 5.32. The summed E-state index contributed by atoms with van der Waals surface area (Å²) in [6.45, 7) is 3.67. The van der Waals surface area contributed by atoms with Crippen molar-refractivity contribution in [1.82, 2.24) is 9.80 Å². The van der Waals surface area contributed by atoms with Crippen LogP contribution in [0, 0.1) is 11.3 Å². The number of nitrogens with zero attached hydrogens (tertiary/aromatic N) is 2. The topological polar surface area (TPSA) is 49.9 Å². The molecule has 1 spiro atoms. The van der Waals surface area contributed by atoms with E-state index in [-0.39, 0.29) is 23.1 Å². The maximum absolute atomic E-state index is 12.5. The minimum atomic E-state index is -0.185. The van der Waals surface area contributed by atoms with E-state index in [1.165, 1.54) is 0 Å².